The number of aromatic nitrogens is 1. The second kappa shape index (κ2) is 16.0. The fourth-order valence-electron chi connectivity index (χ4n) is 10.5. The van der Waals surface area contributed by atoms with Crippen molar-refractivity contribution in [3.05, 3.63) is 261 Å². The minimum absolute atomic E-state index is 1.10. The van der Waals surface area contributed by atoms with Gasteiger partial charge in [-0.3, -0.25) is 0 Å². The van der Waals surface area contributed by atoms with E-state index >= 15 is 0 Å². The van der Waals surface area contributed by atoms with Crippen molar-refractivity contribution in [2.24, 2.45) is 0 Å². The van der Waals surface area contributed by atoms with E-state index in [-0.39, 0.29) is 0 Å². The number of rotatable bonds is 8. The molecule has 13 aromatic rings. The second-order valence-electron chi connectivity index (χ2n) is 17.3. The zero-order chi connectivity index (χ0) is 44.3. The van der Waals surface area contributed by atoms with Crippen molar-refractivity contribution < 1.29 is 0 Å². The Kier molecular flexibility index (Phi) is 9.17. The first-order valence-corrected chi connectivity index (χ1v) is 23.0. The average molecular weight is 854 g/mol. The first-order valence-electron chi connectivity index (χ1n) is 23.0. The van der Waals surface area contributed by atoms with E-state index in [1.165, 1.54) is 76.0 Å². The first kappa shape index (κ1) is 38.5. The molecule has 67 heavy (non-hydrogen) atoms. The van der Waals surface area contributed by atoms with Crippen LogP contribution in [-0.4, -0.2) is 4.57 Å². The molecular formula is C64H43N3. The molecule has 0 fully saturated rings. The Morgan fingerprint density at radius 1 is 0.239 bits per heavy atom. The number of benzene rings is 12. The summed E-state index contributed by atoms with van der Waals surface area (Å²) in [5.74, 6) is 0. The van der Waals surface area contributed by atoms with Crippen molar-refractivity contribution in [2.45, 2.75) is 0 Å². The molecule has 314 valence electrons. The van der Waals surface area contributed by atoms with Crippen LogP contribution < -0.4 is 9.80 Å². The average Bonchev–Trinajstić information content (AvgIpc) is 3.74. The molecule has 13 rings (SSSR count). The third-order valence-corrected chi connectivity index (χ3v) is 13.5. The van der Waals surface area contributed by atoms with Gasteiger partial charge in [0, 0.05) is 50.6 Å². The van der Waals surface area contributed by atoms with Crippen molar-refractivity contribution in [1.82, 2.24) is 4.57 Å². The Morgan fingerprint density at radius 2 is 0.672 bits per heavy atom. The van der Waals surface area contributed by atoms with E-state index in [0.29, 0.717) is 0 Å². The maximum absolute atomic E-state index is 2.48. The monoisotopic (exact) mass is 853 g/mol. The van der Waals surface area contributed by atoms with E-state index in [4.69, 9.17) is 0 Å². The summed E-state index contributed by atoms with van der Waals surface area (Å²) < 4.78 is 2.44. The quantitative estimate of drug-likeness (QED) is 0.111. The van der Waals surface area contributed by atoms with Crippen molar-refractivity contribution in [3.63, 3.8) is 0 Å². The van der Waals surface area contributed by atoms with Gasteiger partial charge < -0.3 is 14.4 Å². The lowest BCUT2D eigenvalue weighted by Gasteiger charge is -2.27. The molecule has 3 heteroatoms. The summed E-state index contributed by atoms with van der Waals surface area (Å²) in [4.78, 5) is 4.73. The molecule has 0 unspecified atom stereocenters. The van der Waals surface area contributed by atoms with Crippen LogP contribution in [0.25, 0.3) is 81.7 Å². The Hall–Kier alpha value is -8.92. The van der Waals surface area contributed by atoms with Gasteiger partial charge in [-0.1, -0.05) is 152 Å². The van der Waals surface area contributed by atoms with Gasteiger partial charge in [-0.15, -0.1) is 0 Å². The molecule has 0 amide bonds. The number of anilines is 6. The molecule has 0 saturated carbocycles. The zero-order valence-electron chi connectivity index (χ0n) is 36.7. The van der Waals surface area contributed by atoms with Crippen molar-refractivity contribution in [3.8, 4) is 16.8 Å². The lowest BCUT2D eigenvalue weighted by Crippen LogP contribution is -2.10. The fourth-order valence-corrected chi connectivity index (χ4v) is 10.5. The highest BCUT2D eigenvalue weighted by Gasteiger charge is 2.21. The van der Waals surface area contributed by atoms with Crippen LogP contribution in [0.5, 0.6) is 0 Å². The number of hydrogen-bond acceptors (Lipinski definition) is 2. The SMILES string of the molecule is c1ccc(-c2ccc3c4c5cc6c7ccc(N(c8ccccc8)c8ccccc8)cc7c7cc(N(c8ccccc8)c8ccccc8)ccc7c6cc5ccc4n(-c4ccccc4)c3c2)cc1. The highest BCUT2D eigenvalue weighted by Crippen LogP contribution is 2.46. The van der Waals surface area contributed by atoms with Gasteiger partial charge in [0.1, 0.15) is 0 Å². The highest BCUT2D eigenvalue weighted by molar-refractivity contribution is 6.31. The molecule has 0 radical (unpaired) electrons. The minimum Gasteiger partial charge on any atom is -0.310 e. The van der Waals surface area contributed by atoms with E-state index in [1.807, 2.05) is 0 Å². The Morgan fingerprint density at radius 3 is 1.18 bits per heavy atom. The van der Waals surface area contributed by atoms with Crippen LogP contribution in [-0.2, 0) is 0 Å². The van der Waals surface area contributed by atoms with E-state index in [2.05, 4.69) is 275 Å². The topological polar surface area (TPSA) is 11.4 Å². The number of fused-ring (bicyclic) bond motifs is 11. The van der Waals surface area contributed by atoms with E-state index < -0.39 is 0 Å². The van der Waals surface area contributed by atoms with E-state index in [0.717, 1.165) is 39.8 Å². The molecule has 0 atom stereocenters. The molecule has 0 saturated heterocycles. The van der Waals surface area contributed by atoms with E-state index in [1.54, 1.807) is 0 Å². The van der Waals surface area contributed by atoms with Crippen LogP contribution in [0.15, 0.2) is 261 Å². The lowest BCUT2D eigenvalue weighted by atomic mass is 9.90. The zero-order valence-corrected chi connectivity index (χ0v) is 36.7. The summed E-state index contributed by atoms with van der Waals surface area (Å²) in [6, 6.07) is 95.0. The molecule has 1 heterocycles. The van der Waals surface area contributed by atoms with Crippen LogP contribution in [0.3, 0.4) is 0 Å². The van der Waals surface area contributed by atoms with Crippen molar-refractivity contribution in [2.75, 3.05) is 9.80 Å². The van der Waals surface area contributed by atoms with Crippen LogP contribution >= 0.6 is 0 Å². The maximum Gasteiger partial charge on any atom is 0.0547 e. The van der Waals surface area contributed by atoms with Gasteiger partial charge in [0.15, 0.2) is 0 Å². The maximum atomic E-state index is 2.48. The fraction of sp³-hybridized carbons (Fsp3) is 0. The molecule has 0 bridgehead atoms. The number of hydrogen-bond donors (Lipinski definition) is 0. The minimum atomic E-state index is 1.10. The van der Waals surface area contributed by atoms with Gasteiger partial charge in [0.25, 0.3) is 0 Å². The van der Waals surface area contributed by atoms with Gasteiger partial charge in [-0.2, -0.15) is 0 Å². The molecule has 0 N–H and O–H groups in total. The van der Waals surface area contributed by atoms with Gasteiger partial charge >= 0.3 is 0 Å². The predicted octanol–water partition coefficient (Wildman–Crippen LogP) is 18.0. The van der Waals surface area contributed by atoms with Crippen LogP contribution in [0.2, 0.25) is 0 Å². The molecule has 0 aliphatic rings. The smallest absolute Gasteiger partial charge is 0.0547 e. The molecule has 12 aromatic carbocycles. The Bertz CT molecular complexity index is 3870. The summed E-state index contributed by atoms with van der Waals surface area (Å²) in [6.45, 7) is 0. The molecule has 3 nitrogen and oxygen atoms in total. The lowest BCUT2D eigenvalue weighted by molar-refractivity contribution is 1.18. The second-order valence-corrected chi connectivity index (χ2v) is 17.3. The van der Waals surface area contributed by atoms with Crippen LogP contribution in [0.4, 0.5) is 34.1 Å². The third kappa shape index (κ3) is 6.51. The standard InChI is InChI=1S/C64H43N3/c1-7-19-44(20-8-1)45-31-35-56-63(40-45)67(51-29-17-6-18-30-51)62-38-32-46-39-58-54-36-33-52(65(47-21-9-2-10-22-47)48-23-11-3-12-24-48)41-59(54)60-42-53(34-37-55(60)61(58)43-57(46)64(56)62)66(49-25-13-4-14-26-49)50-27-15-5-16-28-50/h1-43H. The van der Waals surface area contributed by atoms with Crippen LogP contribution in [0, 0.1) is 0 Å². The van der Waals surface area contributed by atoms with Gasteiger partial charge in [-0.25, -0.2) is 0 Å². The summed E-state index contributed by atoms with van der Waals surface area (Å²) >= 11 is 0. The normalized spacial score (nSPS) is 11.6. The van der Waals surface area contributed by atoms with Crippen molar-refractivity contribution >= 4 is 99.0 Å². The van der Waals surface area contributed by atoms with Crippen molar-refractivity contribution in [1.29, 1.82) is 0 Å². The van der Waals surface area contributed by atoms with Gasteiger partial charge in [0.05, 0.1) is 11.0 Å². The van der Waals surface area contributed by atoms with Crippen LogP contribution in [0.1, 0.15) is 0 Å². The Balaban J connectivity index is 1.12. The molecule has 0 aliphatic carbocycles. The predicted molar refractivity (Wildman–Crippen MR) is 286 cm³/mol. The molecular weight excluding hydrogens is 811 g/mol. The molecule has 1 aromatic heterocycles. The first-order chi connectivity index (χ1) is 33.2. The summed E-state index contributed by atoms with van der Waals surface area (Å²) in [7, 11) is 0. The number of nitrogens with zero attached hydrogens (tertiary/aromatic N) is 3. The summed E-state index contributed by atoms with van der Waals surface area (Å²) in [5, 5.41) is 12.3. The van der Waals surface area contributed by atoms with Gasteiger partial charge in [-0.05, 0) is 163 Å². The largest absolute Gasteiger partial charge is 0.310 e. The van der Waals surface area contributed by atoms with E-state index in [9.17, 15) is 0 Å². The molecule has 0 spiro atoms. The van der Waals surface area contributed by atoms with Gasteiger partial charge in [0.2, 0.25) is 0 Å². The molecule has 0 aliphatic heterocycles. The number of para-hydroxylation sites is 5. The third-order valence-electron chi connectivity index (χ3n) is 13.5. The highest BCUT2D eigenvalue weighted by atomic mass is 15.1. The summed E-state index contributed by atoms with van der Waals surface area (Å²) in [5.41, 5.74) is 12.6. The summed E-state index contributed by atoms with van der Waals surface area (Å²) in [6.07, 6.45) is 0. The Labute approximate surface area is 389 Å².